The van der Waals surface area contributed by atoms with E-state index in [1.165, 1.54) is 13.0 Å². The zero-order chi connectivity index (χ0) is 25.2. The second-order valence-electron chi connectivity index (χ2n) is 7.54. The molecule has 0 fully saturated rings. The minimum Gasteiger partial charge on any atom is -0.494 e. The summed E-state index contributed by atoms with van der Waals surface area (Å²) in [5.41, 5.74) is 1.96. The smallest absolute Gasteiger partial charge is 0.267 e. The van der Waals surface area contributed by atoms with Crippen molar-refractivity contribution >= 4 is 23.4 Å². The Morgan fingerprint density at radius 2 is 1.60 bits per heavy atom. The van der Waals surface area contributed by atoms with Crippen molar-refractivity contribution in [3.8, 4) is 17.0 Å². The standard InChI is InChI=1S/C25H27N5O5/c1-3-35-21-10-6-18(7-11-21)22-12-13-24(33)30(29-22)16-23(32)26-14-15-27-25(34)19-4-8-20(9-5-19)28-17(2)31/h4-13H,3,14-16H2,1-2H3,(H,26,32)(H,27,34)(H,28,31). The van der Waals surface area contributed by atoms with E-state index in [2.05, 4.69) is 21.0 Å². The second-order valence-corrected chi connectivity index (χ2v) is 7.54. The van der Waals surface area contributed by atoms with Gasteiger partial charge in [-0.25, -0.2) is 4.68 Å². The predicted molar refractivity (Wildman–Crippen MR) is 131 cm³/mol. The lowest BCUT2D eigenvalue weighted by Gasteiger charge is -2.10. The summed E-state index contributed by atoms with van der Waals surface area (Å²) in [5, 5.41) is 12.3. The van der Waals surface area contributed by atoms with Crippen molar-refractivity contribution in [2.75, 3.05) is 25.0 Å². The van der Waals surface area contributed by atoms with Crippen LogP contribution in [0.3, 0.4) is 0 Å². The van der Waals surface area contributed by atoms with E-state index < -0.39 is 11.5 Å². The third-order valence-corrected chi connectivity index (χ3v) is 4.82. The van der Waals surface area contributed by atoms with Crippen molar-refractivity contribution in [2.24, 2.45) is 0 Å². The van der Waals surface area contributed by atoms with Crippen molar-refractivity contribution in [1.82, 2.24) is 20.4 Å². The topological polar surface area (TPSA) is 131 Å². The molecule has 0 radical (unpaired) electrons. The van der Waals surface area contributed by atoms with Gasteiger partial charge in [-0.05, 0) is 61.5 Å². The van der Waals surface area contributed by atoms with Gasteiger partial charge in [0.1, 0.15) is 12.3 Å². The summed E-state index contributed by atoms with van der Waals surface area (Å²) in [6.45, 7) is 4.00. The fourth-order valence-electron chi connectivity index (χ4n) is 3.18. The normalized spacial score (nSPS) is 10.3. The number of amides is 3. The maximum Gasteiger partial charge on any atom is 0.267 e. The maximum absolute atomic E-state index is 12.3. The summed E-state index contributed by atoms with van der Waals surface area (Å²) in [5.74, 6) is -0.178. The molecular formula is C25H27N5O5. The average molecular weight is 478 g/mol. The lowest BCUT2D eigenvalue weighted by atomic mass is 10.1. The number of anilines is 1. The molecule has 2 aromatic carbocycles. The molecule has 3 amide bonds. The minimum atomic E-state index is -0.405. The number of aromatic nitrogens is 2. The molecular weight excluding hydrogens is 450 g/mol. The molecule has 1 heterocycles. The van der Waals surface area contributed by atoms with E-state index in [9.17, 15) is 19.2 Å². The van der Waals surface area contributed by atoms with Crippen LogP contribution >= 0.6 is 0 Å². The van der Waals surface area contributed by atoms with Gasteiger partial charge in [-0.15, -0.1) is 0 Å². The number of nitrogens with zero attached hydrogens (tertiary/aromatic N) is 2. The highest BCUT2D eigenvalue weighted by atomic mass is 16.5. The van der Waals surface area contributed by atoms with Crippen LogP contribution in [0.4, 0.5) is 5.69 Å². The first-order valence-electron chi connectivity index (χ1n) is 11.1. The molecule has 0 saturated heterocycles. The van der Waals surface area contributed by atoms with Gasteiger partial charge in [0.25, 0.3) is 11.5 Å². The zero-order valence-corrected chi connectivity index (χ0v) is 19.5. The quantitative estimate of drug-likeness (QED) is 0.382. The van der Waals surface area contributed by atoms with Gasteiger partial charge < -0.3 is 20.7 Å². The predicted octanol–water partition coefficient (Wildman–Crippen LogP) is 1.81. The fourth-order valence-corrected chi connectivity index (χ4v) is 3.18. The van der Waals surface area contributed by atoms with Gasteiger partial charge in [-0.2, -0.15) is 5.10 Å². The van der Waals surface area contributed by atoms with Crippen LogP contribution in [-0.2, 0) is 16.1 Å². The van der Waals surface area contributed by atoms with Crippen LogP contribution in [0.5, 0.6) is 5.75 Å². The molecule has 10 heteroatoms. The van der Waals surface area contributed by atoms with Crippen molar-refractivity contribution < 1.29 is 19.1 Å². The van der Waals surface area contributed by atoms with Gasteiger partial charge in [0.15, 0.2) is 0 Å². The Balaban J connectivity index is 1.48. The second kappa shape index (κ2) is 12.1. The first-order valence-corrected chi connectivity index (χ1v) is 11.1. The average Bonchev–Trinajstić information content (AvgIpc) is 2.84. The molecule has 10 nitrogen and oxygen atoms in total. The highest BCUT2D eigenvalue weighted by molar-refractivity contribution is 5.95. The van der Waals surface area contributed by atoms with Crippen LogP contribution in [0, 0.1) is 0 Å². The monoisotopic (exact) mass is 477 g/mol. The van der Waals surface area contributed by atoms with Gasteiger partial charge in [0, 0.05) is 42.9 Å². The Kier molecular flexibility index (Phi) is 8.71. The summed E-state index contributed by atoms with van der Waals surface area (Å²) < 4.78 is 6.52. The van der Waals surface area contributed by atoms with Crippen LogP contribution in [-0.4, -0.2) is 47.2 Å². The molecule has 35 heavy (non-hydrogen) atoms. The summed E-state index contributed by atoms with van der Waals surface area (Å²) in [7, 11) is 0. The van der Waals surface area contributed by atoms with Gasteiger partial charge >= 0.3 is 0 Å². The first kappa shape index (κ1) is 25.2. The fraction of sp³-hybridized carbons (Fsp3) is 0.240. The van der Waals surface area contributed by atoms with Crippen LogP contribution in [0.25, 0.3) is 11.3 Å². The number of nitrogens with one attached hydrogen (secondary N) is 3. The van der Waals surface area contributed by atoms with Crippen LogP contribution in [0.15, 0.2) is 65.5 Å². The Morgan fingerprint density at radius 1 is 0.914 bits per heavy atom. The van der Waals surface area contributed by atoms with Crippen molar-refractivity contribution in [3.05, 3.63) is 76.6 Å². The van der Waals surface area contributed by atoms with E-state index in [1.54, 1.807) is 30.3 Å². The Bertz CT molecular complexity index is 1240. The molecule has 0 aliphatic rings. The van der Waals surface area contributed by atoms with Crippen molar-refractivity contribution in [2.45, 2.75) is 20.4 Å². The molecule has 0 atom stereocenters. The molecule has 0 aliphatic heterocycles. The van der Waals surface area contributed by atoms with Crippen molar-refractivity contribution in [1.29, 1.82) is 0 Å². The number of hydrogen-bond donors (Lipinski definition) is 3. The number of hydrogen-bond acceptors (Lipinski definition) is 6. The van der Waals surface area contributed by atoms with Gasteiger partial charge in [-0.3, -0.25) is 19.2 Å². The molecule has 3 rings (SSSR count). The SMILES string of the molecule is CCOc1ccc(-c2ccc(=O)n(CC(=O)NCCNC(=O)c3ccc(NC(C)=O)cc3)n2)cc1. The number of benzene rings is 2. The number of carbonyl (C=O) groups is 3. The lowest BCUT2D eigenvalue weighted by Crippen LogP contribution is -2.38. The molecule has 0 unspecified atom stereocenters. The van der Waals surface area contributed by atoms with E-state index in [1.807, 2.05) is 31.2 Å². The summed E-state index contributed by atoms with van der Waals surface area (Å²) in [6.07, 6.45) is 0. The highest BCUT2D eigenvalue weighted by Crippen LogP contribution is 2.19. The van der Waals surface area contributed by atoms with E-state index in [0.717, 1.165) is 16.0 Å². The largest absolute Gasteiger partial charge is 0.494 e. The number of carbonyl (C=O) groups excluding carboxylic acids is 3. The number of rotatable bonds is 10. The van der Waals surface area contributed by atoms with Crippen LogP contribution in [0.2, 0.25) is 0 Å². The molecule has 3 N–H and O–H groups in total. The van der Waals surface area contributed by atoms with E-state index in [0.29, 0.717) is 23.6 Å². The van der Waals surface area contributed by atoms with Crippen LogP contribution in [0.1, 0.15) is 24.2 Å². The van der Waals surface area contributed by atoms with Gasteiger partial charge in [0.05, 0.1) is 12.3 Å². The molecule has 0 aliphatic carbocycles. The molecule has 1 aromatic heterocycles. The molecule has 182 valence electrons. The highest BCUT2D eigenvalue weighted by Gasteiger charge is 2.09. The van der Waals surface area contributed by atoms with Crippen molar-refractivity contribution in [3.63, 3.8) is 0 Å². The lowest BCUT2D eigenvalue weighted by molar-refractivity contribution is -0.121. The van der Waals surface area contributed by atoms with Crippen LogP contribution < -0.4 is 26.2 Å². The minimum absolute atomic E-state index is 0.182. The molecule has 0 saturated carbocycles. The van der Waals surface area contributed by atoms with E-state index in [4.69, 9.17) is 4.74 Å². The summed E-state index contributed by atoms with van der Waals surface area (Å²) in [4.78, 5) is 47.7. The first-order chi connectivity index (χ1) is 16.9. The maximum atomic E-state index is 12.3. The van der Waals surface area contributed by atoms with E-state index in [-0.39, 0.29) is 31.4 Å². The van der Waals surface area contributed by atoms with Gasteiger partial charge in [-0.1, -0.05) is 0 Å². The Labute approximate surface area is 202 Å². The summed E-state index contributed by atoms with van der Waals surface area (Å²) in [6, 6.07) is 16.7. The molecule has 0 spiro atoms. The zero-order valence-electron chi connectivity index (χ0n) is 19.5. The Morgan fingerprint density at radius 3 is 2.26 bits per heavy atom. The molecule has 0 bridgehead atoms. The van der Waals surface area contributed by atoms with Gasteiger partial charge in [0.2, 0.25) is 11.8 Å². The number of ether oxygens (including phenoxy) is 1. The third kappa shape index (κ3) is 7.53. The molecule has 3 aromatic rings. The van der Waals surface area contributed by atoms with E-state index >= 15 is 0 Å². The summed E-state index contributed by atoms with van der Waals surface area (Å²) >= 11 is 0. The third-order valence-electron chi connectivity index (χ3n) is 4.82. The Hall–Kier alpha value is -4.47.